The molecule has 1 nitrogen and oxygen atoms in total. The Labute approximate surface area is 127 Å². The lowest BCUT2D eigenvalue weighted by molar-refractivity contribution is 0.0364. The minimum Gasteiger partial charge on any atom is -0.330 e. The highest BCUT2D eigenvalue weighted by atomic mass is 14.6. The number of hydrogen-bond donors (Lipinski definition) is 1. The van der Waals surface area contributed by atoms with Crippen molar-refractivity contribution in [2.75, 3.05) is 6.54 Å². The molecule has 0 bridgehead atoms. The minimum atomic E-state index is 0.476. The van der Waals surface area contributed by atoms with E-state index in [1.807, 2.05) is 0 Å². The topological polar surface area (TPSA) is 26.0 Å². The molecular weight excluding hydrogens is 242 g/mol. The van der Waals surface area contributed by atoms with E-state index in [9.17, 15) is 0 Å². The summed E-state index contributed by atoms with van der Waals surface area (Å²) in [4.78, 5) is 0. The van der Waals surface area contributed by atoms with Gasteiger partial charge >= 0.3 is 0 Å². The van der Waals surface area contributed by atoms with Crippen molar-refractivity contribution in [1.29, 1.82) is 0 Å². The Hall–Kier alpha value is -0.0400. The zero-order chi connectivity index (χ0) is 14.9. The molecule has 5 atom stereocenters. The standard InChI is InChI=1S/C19H37N/c1-13-8-14(2)10-16(9-13)18-11-17(19(3,4)5)7-6-15(18)12-20/h13-18H,6-12,20H2,1-5H3. The molecule has 0 aromatic heterocycles. The molecule has 2 aliphatic carbocycles. The van der Waals surface area contributed by atoms with E-state index in [1.54, 1.807) is 0 Å². The van der Waals surface area contributed by atoms with E-state index < -0.39 is 0 Å². The fourth-order valence-electron chi connectivity index (χ4n) is 5.28. The summed E-state index contributed by atoms with van der Waals surface area (Å²) in [6.45, 7) is 13.1. The highest BCUT2D eigenvalue weighted by molar-refractivity contribution is 4.91. The van der Waals surface area contributed by atoms with Crippen molar-refractivity contribution in [3.63, 3.8) is 0 Å². The Morgan fingerprint density at radius 2 is 1.50 bits per heavy atom. The molecule has 2 fully saturated rings. The molecule has 0 spiro atoms. The van der Waals surface area contributed by atoms with Gasteiger partial charge < -0.3 is 5.73 Å². The molecule has 2 aliphatic rings. The monoisotopic (exact) mass is 279 g/mol. The Bertz CT molecular complexity index is 293. The van der Waals surface area contributed by atoms with Gasteiger partial charge in [-0.25, -0.2) is 0 Å². The molecule has 5 unspecified atom stereocenters. The van der Waals surface area contributed by atoms with Gasteiger partial charge in [0.25, 0.3) is 0 Å². The van der Waals surface area contributed by atoms with Crippen molar-refractivity contribution in [1.82, 2.24) is 0 Å². The van der Waals surface area contributed by atoms with Crippen LogP contribution in [-0.2, 0) is 0 Å². The van der Waals surface area contributed by atoms with E-state index in [1.165, 1.54) is 38.5 Å². The third-order valence-electron chi connectivity index (χ3n) is 6.40. The van der Waals surface area contributed by atoms with Crippen LogP contribution in [0, 0.1) is 40.9 Å². The molecule has 0 aromatic rings. The molecule has 0 amide bonds. The normalized spacial score (nSPS) is 43.5. The predicted molar refractivity (Wildman–Crippen MR) is 88.5 cm³/mol. The van der Waals surface area contributed by atoms with Crippen molar-refractivity contribution in [3.8, 4) is 0 Å². The molecule has 0 aliphatic heterocycles. The van der Waals surface area contributed by atoms with Crippen LogP contribution in [0.4, 0.5) is 0 Å². The maximum absolute atomic E-state index is 6.12. The SMILES string of the molecule is CC1CC(C)CC(C2CC(C(C)(C)C)CCC2CN)C1. The molecule has 2 N–H and O–H groups in total. The van der Waals surface area contributed by atoms with E-state index in [-0.39, 0.29) is 0 Å². The second-order valence-electron chi connectivity index (χ2n) is 9.21. The Morgan fingerprint density at radius 1 is 0.900 bits per heavy atom. The second kappa shape index (κ2) is 6.38. The van der Waals surface area contributed by atoms with Crippen LogP contribution in [0.25, 0.3) is 0 Å². The molecule has 2 rings (SSSR count). The van der Waals surface area contributed by atoms with Gasteiger partial charge in [0.05, 0.1) is 0 Å². The van der Waals surface area contributed by atoms with Gasteiger partial charge in [0, 0.05) is 0 Å². The second-order valence-corrected chi connectivity index (χ2v) is 9.21. The van der Waals surface area contributed by atoms with Crippen LogP contribution in [0.2, 0.25) is 0 Å². The maximum Gasteiger partial charge on any atom is -0.00461 e. The van der Waals surface area contributed by atoms with Crippen LogP contribution >= 0.6 is 0 Å². The third-order valence-corrected chi connectivity index (χ3v) is 6.40. The Kier molecular flexibility index (Phi) is 5.21. The summed E-state index contributed by atoms with van der Waals surface area (Å²) in [6.07, 6.45) is 8.58. The van der Waals surface area contributed by atoms with Gasteiger partial charge in [-0.1, -0.05) is 34.6 Å². The lowest BCUT2D eigenvalue weighted by atomic mass is 9.59. The highest BCUT2D eigenvalue weighted by Crippen LogP contribution is 2.49. The number of hydrogen-bond acceptors (Lipinski definition) is 1. The average Bonchev–Trinajstić information content (AvgIpc) is 2.35. The van der Waals surface area contributed by atoms with E-state index in [2.05, 4.69) is 34.6 Å². The van der Waals surface area contributed by atoms with Gasteiger partial charge in [0.1, 0.15) is 0 Å². The number of rotatable bonds is 2. The first kappa shape index (κ1) is 16.3. The zero-order valence-electron chi connectivity index (χ0n) is 14.5. The lowest BCUT2D eigenvalue weighted by Gasteiger charge is -2.47. The van der Waals surface area contributed by atoms with E-state index in [4.69, 9.17) is 5.73 Å². The fraction of sp³-hybridized carbons (Fsp3) is 1.00. The molecular formula is C19H37N. The summed E-state index contributed by atoms with van der Waals surface area (Å²) in [5.41, 5.74) is 6.60. The van der Waals surface area contributed by atoms with Crippen molar-refractivity contribution in [2.45, 2.75) is 73.1 Å². The smallest absolute Gasteiger partial charge is 0.00461 e. The molecule has 20 heavy (non-hydrogen) atoms. The van der Waals surface area contributed by atoms with Gasteiger partial charge in [-0.2, -0.15) is 0 Å². The Balaban J connectivity index is 2.08. The first-order chi connectivity index (χ1) is 9.31. The summed E-state index contributed by atoms with van der Waals surface area (Å²) in [6, 6.07) is 0. The predicted octanol–water partition coefficient (Wildman–Crippen LogP) is 5.10. The molecule has 0 radical (unpaired) electrons. The quantitative estimate of drug-likeness (QED) is 0.748. The van der Waals surface area contributed by atoms with Crippen molar-refractivity contribution in [2.24, 2.45) is 46.7 Å². The first-order valence-corrected chi connectivity index (χ1v) is 9.01. The molecule has 0 heterocycles. The van der Waals surface area contributed by atoms with E-state index in [0.29, 0.717) is 5.41 Å². The third kappa shape index (κ3) is 3.78. The molecule has 2 saturated carbocycles. The van der Waals surface area contributed by atoms with Crippen molar-refractivity contribution in [3.05, 3.63) is 0 Å². The van der Waals surface area contributed by atoms with Gasteiger partial charge in [-0.15, -0.1) is 0 Å². The summed E-state index contributed by atoms with van der Waals surface area (Å²) >= 11 is 0. The minimum absolute atomic E-state index is 0.476. The average molecular weight is 280 g/mol. The van der Waals surface area contributed by atoms with Gasteiger partial charge in [0.2, 0.25) is 0 Å². The van der Waals surface area contributed by atoms with E-state index in [0.717, 1.165) is 42.1 Å². The molecule has 118 valence electrons. The van der Waals surface area contributed by atoms with Gasteiger partial charge in [-0.3, -0.25) is 0 Å². The summed E-state index contributed by atoms with van der Waals surface area (Å²) in [5.74, 6) is 5.42. The molecule has 0 saturated heterocycles. The largest absolute Gasteiger partial charge is 0.330 e. The Morgan fingerprint density at radius 3 is 2.00 bits per heavy atom. The van der Waals surface area contributed by atoms with Crippen LogP contribution in [-0.4, -0.2) is 6.54 Å². The van der Waals surface area contributed by atoms with Crippen LogP contribution in [0.5, 0.6) is 0 Å². The van der Waals surface area contributed by atoms with Crippen LogP contribution in [0.1, 0.15) is 73.1 Å². The van der Waals surface area contributed by atoms with E-state index >= 15 is 0 Å². The van der Waals surface area contributed by atoms with Gasteiger partial charge in [-0.05, 0) is 86.0 Å². The molecule has 0 aromatic carbocycles. The fourth-order valence-corrected chi connectivity index (χ4v) is 5.28. The van der Waals surface area contributed by atoms with Crippen LogP contribution < -0.4 is 5.73 Å². The maximum atomic E-state index is 6.12. The summed E-state index contributed by atoms with van der Waals surface area (Å²) in [7, 11) is 0. The summed E-state index contributed by atoms with van der Waals surface area (Å²) in [5, 5.41) is 0. The zero-order valence-corrected chi connectivity index (χ0v) is 14.5. The lowest BCUT2D eigenvalue weighted by Crippen LogP contribution is -2.40. The highest BCUT2D eigenvalue weighted by Gasteiger charge is 2.40. The summed E-state index contributed by atoms with van der Waals surface area (Å²) < 4.78 is 0. The van der Waals surface area contributed by atoms with Crippen molar-refractivity contribution >= 4 is 0 Å². The van der Waals surface area contributed by atoms with Crippen molar-refractivity contribution < 1.29 is 0 Å². The number of nitrogens with two attached hydrogens (primary N) is 1. The van der Waals surface area contributed by atoms with Crippen LogP contribution in [0.15, 0.2) is 0 Å². The molecule has 1 heteroatoms. The van der Waals surface area contributed by atoms with Gasteiger partial charge in [0.15, 0.2) is 0 Å². The first-order valence-electron chi connectivity index (χ1n) is 9.01. The van der Waals surface area contributed by atoms with Crippen LogP contribution in [0.3, 0.4) is 0 Å².